The van der Waals surface area contributed by atoms with E-state index in [9.17, 15) is 9.59 Å². The van der Waals surface area contributed by atoms with Crippen molar-refractivity contribution in [2.75, 3.05) is 26.2 Å². The SMILES string of the molecule is CCC(=CC(=O)N1CCCC(CNC(=O)C2CCCN2)C1)CC. The average Bonchev–Trinajstić information content (AvgIpc) is 3.12. The number of hydrogen-bond acceptors (Lipinski definition) is 3. The van der Waals surface area contributed by atoms with Gasteiger partial charge in [0, 0.05) is 25.7 Å². The van der Waals surface area contributed by atoms with Crippen molar-refractivity contribution >= 4 is 11.8 Å². The molecule has 0 aromatic heterocycles. The monoisotopic (exact) mass is 321 g/mol. The van der Waals surface area contributed by atoms with Crippen molar-refractivity contribution in [1.29, 1.82) is 0 Å². The van der Waals surface area contributed by atoms with Crippen molar-refractivity contribution in [2.45, 2.75) is 58.4 Å². The zero-order valence-corrected chi connectivity index (χ0v) is 14.6. The highest BCUT2D eigenvalue weighted by molar-refractivity contribution is 5.88. The van der Waals surface area contributed by atoms with Gasteiger partial charge in [0.05, 0.1) is 6.04 Å². The fourth-order valence-corrected chi connectivity index (χ4v) is 3.43. The number of hydrogen-bond donors (Lipinski definition) is 2. The summed E-state index contributed by atoms with van der Waals surface area (Å²) in [5, 5.41) is 6.28. The molecule has 2 aliphatic heterocycles. The molecule has 0 spiro atoms. The molecule has 2 atom stereocenters. The zero-order chi connectivity index (χ0) is 16.7. The second kappa shape index (κ2) is 9.06. The van der Waals surface area contributed by atoms with Crippen LogP contribution in [0.2, 0.25) is 0 Å². The van der Waals surface area contributed by atoms with Crippen LogP contribution in [0.3, 0.4) is 0 Å². The molecule has 2 aliphatic rings. The topological polar surface area (TPSA) is 61.4 Å². The molecule has 2 heterocycles. The number of likely N-dealkylation sites (tertiary alicyclic amines) is 1. The summed E-state index contributed by atoms with van der Waals surface area (Å²) in [4.78, 5) is 26.4. The zero-order valence-electron chi connectivity index (χ0n) is 14.6. The fraction of sp³-hybridized carbons (Fsp3) is 0.778. The van der Waals surface area contributed by atoms with Gasteiger partial charge in [-0.05, 0) is 51.0 Å². The van der Waals surface area contributed by atoms with Gasteiger partial charge in [-0.3, -0.25) is 9.59 Å². The number of rotatable bonds is 6. The van der Waals surface area contributed by atoms with E-state index in [-0.39, 0.29) is 17.9 Å². The van der Waals surface area contributed by atoms with Crippen LogP contribution in [0, 0.1) is 5.92 Å². The molecule has 23 heavy (non-hydrogen) atoms. The lowest BCUT2D eigenvalue weighted by molar-refractivity contribution is -0.127. The van der Waals surface area contributed by atoms with E-state index in [0.717, 1.165) is 58.2 Å². The number of allylic oxidation sites excluding steroid dienone is 1. The smallest absolute Gasteiger partial charge is 0.246 e. The molecular formula is C18H31N3O2. The van der Waals surface area contributed by atoms with Crippen LogP contribution in [0.5, 0.6) is 0 Å². The quantitative estimate of drug-likeness (QED) is 0.734. The Morgan fingerprint density at radius 2 is 2.00 bits per heavy atom. The van der Waals surface area contributed by atoms with Crippen LogP contribution in [-0.2, 0) is 9.59 Å². The van der Waals surface area contributed by atoms with Gasteiger partial charge < -0.3 is 15.5 Å². The van der Waals surface area contributed by atoms with E-state index in [1.807, 2.05) is 11.0 Å². The van der Waals surface area contributed by atoms with E-state index in [1.165, 1.54) is 5.57 Å². The van der Waals surface area contributed by atoms with Gasteiger partial charge in [-0.1, -0.05) is 19.4 Å². The third kappa shape index (κ3) is 5.34. The first-order valence-electron chi connectivity index (χ1n) is 9.13. The van der Waals surface area contributed by atoms with Crippen LogP contribution in [0.1, 0.15) is 52.4 Å². The Hall–Kier alpha value is -1.36. The summed E-state index contributed by atoms with van der Waals surface area (Å²) < 4.78 is 0. The second-order valence-corrected chi connectivity index (χ2v) is 6.70. The van der Waals surface area contributed by atoms with E-state index >= 15 is 0 Å². The summed E-state index contributed by atoms with van der Waals surface area (Å²) in [7, 11) is 0. The molecule has 0 bridgehead atoms. The maximum Gasteiger partial charge on any atom is 0.246 e. The van der Waals surface area contributed by atoms with Gasteiger partial charge in [0.15, 0.2) is 0 Å². The standard InChI is InChI=1S/C18H31N3O2/c1-3-14(4-2)11-17(22)21-10-6-7-15(13-21)12-20-18(23)16-8-5-9-19-16/h11,15-16,19H,3-10,12-13H2,1-2H3,(H,20,23). The summed E-state index contributed by atoms with van der Waals surface area (Å²) in [6, 6.07) is -0.0177. The minimum Gasteiger partial charge on any atom is -0.354 e. The molecule has 0 radical (unpaired) electrons. The van der Waals surface area contributed by atoms with Crippen molar-refractivity contribution < 1.29 is 9.59 Å². The lowest BCUT2D eigenvalue weighted by Gasteiger charge is -2.32. The first kappa shape index (κ1) is 18.0. The summed E-state index contributed by atoms with van der Waals surface area (Å²) in [5.41, 5.74) is 1.21. The van der Waals surface area contributed by atoms with Gasteiger partial charge in [0.2, 0.25) is 11.8 Å². The van der Waals surface area contributed by atoms with Crippen LogP contribution < -0.4 is 10.6 Å². The van der Waals surface area contributed by atoms with Crippen molar-refractivity contribution in [2.24, 2.45) is 5.92 Å². The van der Waals surface area contributed by atoms with E-state index in [0.29, 0.717) is 12.5 Å². The lowest BCUT2D eigenvalue weighted by atomic mass is 9.97. The minimum atomic E-state index is -0.0177. The molecule has 2 saturated heterocycles. The molecule has 2 unspecified atom stereocenters. The highest BCUT2D eigenvalue weighted by atomic mass is 16.2. The first-order valence-corrected chi connectivity index (χ1v) is 9.13. The van der Waals surface area contributed by atoms with Gasteiger partial charge in [-0.15, -0.1) is 0 Å². The van der Waals surface area contributed by atoms with Crippen LogP contribution in [0.4, 0.5) is 0 Å². The van der Waals surface area contributed by atoms with E-state index in [1.54, 1.807) is 0 Å². The number of carbonyl (C=O) groups is 2. The number of piperidine rings is 1. The predicted octanol–water partition coefficient (Wildman–Crippen LogP) is 1.84. The maximum atomic E-state index is 12.4. The Kier molecular flexibility index (Phi) is 7.09. The number of amides is 2. The Labute approximate surface area is 139 Å². The Balaban J connectivity index is 1.79. The molecule has 5 nitrogen and oxygen atoms in total. The Morgan fingerprint density at radius 3 is 2.65 bits per heavy atom. The minimum absolute atomic E-state index is 0.0177. The van der Waals surface area contributed by atoms with Gasteiger partial charge in [0.25, 0.3) is 0 Å². The normalized spacial score (nSPS) is 24.3. The van der Waals surface area contributed by atoms with Crippen molar-refractivity contribution in [1.82, 2.24) is 15.5 Å². The van der Waals surface area contributed by atoms with E-state index < -0.39 is 0 Å². The molecule has 0 aliphatic carbocycles. The van der Waals surface area contributed by atoms with Crippen LogP contribution in [0.25, 0.3) is 0 Å². The van der Waals surface area contributed by atoms with Crippen LogP contribution >= 0.6 is 0 Å². The number of nitrogens with zero attached hydrogens (tertiary/aromatic N) is 1. The van der Waals surface area contributed by atoms with Gasteiger partial charge in [-0.25, -0.2) is 0 Å². The first-order chi connectivity index (χ1) is 11.1. The fourth-order valence-electron chi connectivity index (χ4n) is 3.43. The van der Waals surface area contributed by atoms with Gasteiger partial charge >= 0.3 is 0 Å². The second-order valence-electron chi connectivity index (χ2n) is 6.70. The average molecular weight is 321 g/mol. The van der Waals surface area contributed by atoms with Gasteiger partial charge in [-0.2, -0.15) is 0 Å². The predicted molar refractivity (Wildman–Crippen MR) is 92.0 cm³/mol. The van der Waals surface area contributed by atoms with Crippen LogP contribution in [-0.4, -0.2) is 48.9 Å². The number of nitrogens with one attached hydrogen (secondary N) is 2. The molecule has 5 heteroatoms. The Bertz CT molecular complexity index is 436. The highest BCUT2D eigenvalue weighted by Gasteiger charge is 2.25. The molecule has 130 valence electrons. The van der Waals surface area contributed by atoms with E-state index in [4.69, 9.17) is 0 Å². The molecule has 0 saturated carbocycles. The van der Waals surface area contributed by atoms with E-state index in [2.05, 4.69) is 24.5 Å². The molecular weight excluding hydrogens is 290 g/mol. The third-order valence-corrected chi connectivity index (χ3v) is 5.01. The molecule has 2 fully saturated rings. The van der Waals surface area contributed by atoms with Crippen molar-refractivity contribution in [3.8, 4) is 0 Å². The summed E-state index contributed by atoms with van der Waals surface area (Å²) in [6.45, 7) is 7.40. The summed E-state index contributed by atoms with van der Waals surface area (Å²) in [5.74, 6) is 0.625. The molecule has 2 rings (SSSR count). The summed E-state index contributed by atoms with van der Waals surface area (Å²) in [6.07, 6.45) is 7.79. The summed E-state index contributed by atoms with van der Waals surface area (Å²) >= 11 is 0. The molecule has 2 amide bonds. The molecule has 0 aromatic carbocycles. The number of carbonyl (C=O) groups excluding carboxylic acids is 2. The van der Waals surface area contributed by atoms with Crippen LogP contribution in [0.15, 0.2) is 11.6 Å². The maximum absolute atomic E-state index is 12.4. The lowest BCUT2D eigenvalue weighted by Crippen LogP contribution is -2.46. The Morgan fingerprint density at radius 1 is 1.22 bits per heavy atom. The molecule has 0 aromatic rings. The van der Waals surface area contributed by atoms with Crippen molar-refractivity contribution in [3.05, 3.63) is 11.6 Å². The van der Waals surface area contributed by atoms with Gasteiger partial charge in [0.1, 0.15) is 0 Å². The third-order valence-electron chi connectivity index (χ3n) is 5.01. The largest absolute Gasteiger partial charge is 0.354 e. The highest BCUT2D eigenvalue weighted by Crippen LogP contribution is 2.17. The molecule has 2 N–H and O–H groups in total. The van der Waals surface area contributed by atoms with Crippen molar-refractivity contribution in [3.63, 3.8) is 0 Å².